The summed E-state index contributed by atoms with van der Waals surface area (Å²) >= 11 is 0. The number of carbonyl (C=O) groups excluding carboxylic acids is 1. The summed E-state index contributed by atoms with van der Waals surface area (Å²) in [4.78, 5) is 14.4. The van der Waals surface area contributed by atoms with Gasteiger partial charge in [0.2, 0.25) is 11.8 Å². The lowest BCUT2D eigenvalue weighted by atomic mass is 10.0. The van der Waals surface area contributed by atoms with Crippen molar-refractivity contribution in [3.63, 3.8) is 0 Å². The maximum absolute atomic E-state index is 12.4. The Morgan fingerprint density at radius 2 is 2.04 bits per heavy atom. The molecule has 3 rings (SSSR count). The fourth-order valence-corrected chi connectivity index (χ4v) is 3.42. The maximum atomic E-state index is 12.4. The zero-order valence-corrected chi connectivity index (χ0v) is 14.6. The van der Waals surface area contributed by atoms with Crippen molar-refractivity contribution in [2.75, 3.05) is 18.4 Å². The molecule has 2 aromatic rings. The van der Waals surface area contributed by atoms with E-state index in [1.54, 1.807) is 13.0 Å². The number of nitrogens with one attached hydrogen (secondary N) is 1. The van der Waals surface area contributed by atoms with Crippen LogP contribution >= 0.6 is 0 Å². The Bertz CT molecular complexity index is 693. The second-order valence-electron chi connectivity index (χ2n) is 6.94. The van der Waals surface area contributed by atoms with Crippen LogP contribution in [0.3, 0.4) is 0 Å². The molecule has 6 heteroatoms. The van der Waals surface area contributed by atoms with Gasteiger partial charge in [0.15, 0.2) is 0 Å². The summed E-state index contributed by atoms with van der Waals surface area (Å²) in [6.07, 6.45) is 3.67. The first-order valence-corrected chi connectivity index (χ1v) is 8.74. The van der Waals surface area contributed by atoms with Gasteiger partial charge in [-0.05, 0) is 25.3 Å². The molecule has 25 heavy (non-hydrogen) atoms. The van der Waals surface area contributed by atoms with Gasteiger partial charge in [0.05, 0.1) is 17.8 Å². The van der Waals surface area contributed by atoms with E-state index in [9.17, 15) is 9.90 Å². The van der Waals surface area contributed by atoms with E-state index in [1.165, 1.54) is 0 Å². The molecule has 1 aromatic heterocycles. The highest BCUT2D eigenvalue weighted by Crippen LogP contribution is 2.30. The van der Waals surface area contributed by atoms with Crippen molar-refractivity contribution in [2.24, 2.45) is 0 Å². The van der Waals surface area contributed by atoms with Crippen molar-refractivity contribution in [2.45, 2.75) is 44.8 Å². The normalized spacial score (nSPS) is 16.3. The fourth-order valence-electron chi connectivity index (χ4n) is 3.42. The molecule has 0 unspecified atom stereocenters. The van der Waals surface area contributed by atoms with E-state index in [0.29, 0.717) is 19.0 Å². The van der Waals surface area contributed by atoms with Gasteiger partial charge in [-0.2, -0.15) is 0 Å². The Kier molecular flexibility index (Phi) is 5.50. The number of amides is 1. The van der Waals surface area contributed by atoms with Crippen molar-refractivity contribution in [3.8, 4) is 0 Å². The summed E-state index contributed by atoms with van der Waals surface area (Å²) in [6, 6.07) is 11.7. The molecule has 0 radical (unpaired) electrons. The molecule has 1 saturated carbocycles. The number of rotatable bonds is 7. The number of aromatic nitrogens is 1. The topological polar surface area (TPSA) is 78.6 Å². The number of nitrogens with zero attached hydrogens (tertiary/aromatic N) is 2. The summed E-state index contributed by atoms with van der Waals surface area (Å²) in [6.45, 7) is 3.10. The molecule has 2 N–H and O–H groups in total. The first kappa shape index (κ1) is 17.6. The number of hydrogen-bond acceptors (Lipinski definition) is 5. The van der Waals surface area contributed by atoms with Gasteiger partial charge < -0.3 is 9.63 Å². The zero-order valence-electron chi connectivity index (χ0n) is 14.6. The standard InChI is InChI=1S/C19H25N3O3/c1-15-11-18(25-21-15)20-17(23)13-22(12-16-7-3-2-4-8-16)14-19(24)9-5-6-10-19/h2-4,7-8,11,24H,5-6,9-10,12-14H2,1H3,(H,20,23). The number of aryl methyl sites for hydroxylation is 1. The molecule has 1 aliphatic rings. The Hall–Kier alpha value is -2.18. The highest BCUT2D eigenvalue weighted by Gasteiger charge is 2.33. The molecule has 1 aromatic carbocycles. The lowest BCUT2D eigenvalue weighted by Crippen LogP contribution is -2.44. The summed E-state index contributed by atoms with van der Waals surface area (Å²) in [5, 5.41) is 17.2. The number of aliphatic hydroxyl groups is 1. The fraction of sp³-hybridized carbons (Fsp3) is 0.474. The van der Waals surface area contributed by atoms with Gasteiger partial charge in [0, 0.05) is 19.2 Å². The summed E-state index contributed by atoms with van der Waals surface area (Å²) in [5.41, 5.74) is 1.14. The van der Waals surface area contributed by atoms with E-state index >= 15 is 0 Å². The molecule has 0 spiro atoms. The molecule has 0 atom stereocenters. The summed E-state index contributed by atoms with van der Waals surface area (Å²) in [5.74, 6) is 0.176. The summed E-state index contributed by atoms with van der Waals surface area (Å²) in [7, 11) is 0. The van der Waals surface area contributed by atoms with Crippen LogP contribution in [0, 0.1) is 6.92 Å². The quantitative estimate of drug-likeness (QED) is 0.808. The molecular formula is C19H25N3O3. The SMILES string of the molecule is Cc1cc(NC(=O)CN(Cc2ccccc2)CC2(O)CCCC2)on1. The third-order valence-electron chi connectivity index (χ3n) is 4.56. The molecule has 1 heterocycles. The largest absolute Gasteiger partial charge is 0.389 e. The van der Waals surface area contributed by atoms with Gasteiger partial charge in [-0.3, -0.25) is 15.0 Å². The highest BCUT2D eigenvalue weighted by atomic mass is 16.5. The Labute approximate surface area is 147 Å². The molecule has 0 bridgehead atoms. The monoisotopic (exact) mass is 343 g/mol. The molecule has 1 amide bonds. The lowest BCUT2D eigenvalue weighted by molar-refractivity contribution is -0.118. The third kappa shape index (κ3) is 5.14. The second kappa shape index (κ2) is 7.80. The van der Waals surface area contributed by atoms with Crippen LogP contribution in [0.4, 0.5) is 5.88 Å². The molecule has 1 aliphatic carbocycles. The minimum Gasteiger partial charge on any atom is -0.389 e. The minimum absolute atomic E-state index is 0.173. The number of carbonyl (C=O) groups is 1. The molecule has 0 aliphatic heterocycles. The van der Waals surface area contributed by atoms with E-state index in [-0.39, 0.29) is 12.5 Å². The highest BCUT2D eigenvalue weighted by molar-refractivity contribution is 5.90. The maximum Gasteiger partial charge on any atom is 0.240 e. The Balaban J connectivity index is 1.65. The predicted octanol–water partition coefficient (Wildman–Crippen LogP) is 2.73. The van der Waals surface area contributed by atoms with Crippen LogP contribution in [-0.2, 0) is 11.3 Å². The van der Waals surface area contributed by atoms with Crippen LogP contribution < -0.4 is 5.32 Å². The van der Waals surface area contributed by atoms with Crippen LogP contribution in [0.25, 0.3) is 0 Å². The minimum atomic E-state index is -0.697. The summed E-state index contributed by atoms with van der Waals surface area (Å²) < 4.78 is 5.04. The van der Waals surface area contributed by atoms with E-state index in [2.05, 4.69) is 10.5 Å². The van der Waals surface area contributed by atoms with Crippen LogP contribution in [-0.4, -0.2) is 39.8 Å². The van der Waals surface area contributed by atoms with Gasteiger partial charge in [-0.1, -0.05) is 48.3 Å². The zero-order chi connectivity index (χ0) is 17.7. The van der Waals surface area contributed by atoms with Crippen LogP contribution in [0.2, 0.25) is 0 Å². The van der Waals surface area contributed by atoms with Gasteiger partial charge in [0.25, 0.3) is 0 Å². The Morgan fingerprint density at radius 1 is 1.32 bits per heavy atom. The Morgan fingerprint density at radius 3 is 2.68 bits per heavy atom. The molecule has 1 fully saturated rings. The van der Waals surface area contributed by atoms with Crippen molar-refractivity contribution in [1.82, 2.24) is 10.1 Å². The first-order chi connectivity index (χ1) is 12.0. The molecule has 0 saturated heterocycles. The number of benzene rings is 1. The van der Waals surface area contributed by atoms with E-state index in [4.69, 9.17) is 4.52 Å². The van der Waals surface area contributed by atoms with E-state index in [0.717, 1.165) is 36.9 Å². The van der Waals surface area contributed by atoms with E-state index < -0.39 is 5.60 Å². The average molecular weight is 343 g/mol. The van der Waals surface area contributed by atoms with Crippen molar-refractivity contribution >= 4 is 11.8 Å². The number of hydrogen-bond donors (Lipinski definition) is 2. The smallest absolute Gasteiger partial charge is 0.240 e. The van der Waals surface area contributed by atoms with E-state index in [1.807, 2.05) is 35.2 Å². The van der Waals surface area contributed by atoms with Crippen molar-refractivity contribution < 1.29 is 14.4 Å². The molecular weight excluding hydrogens is 318 g/mol. The van der Waals surface area contributed by atoms with Crippen LogP contribution in [0.1, 0.15) is 36.9 Å². The second-order valence-corrected chi connectivity index (χ2v) is 6.94. The molecule has 6 nitrogen and oxygen atoms in total. The van der Waals surface area contributed by atoms with Crippen LogP contribution in [0.15, 0.2) is 40.9 Å². The van der Waals surface area contributed by atoms with Crippen molar-refractivity contribution in [3.05, 3.63) is 47.7 Å². The van der Waals surface area contributed by atoms with Crippen LogP contribution in [0.5, 0.6) is 0 Å². The molecule has 134 valence electrons. The van der Waals surface area contributed by atoms with Gasteiger partial charge in [-0.25, -0.2) is 0 Å². The van der Waals surface area contributed by atoms with Gasteiger partial charge >= 0.3 is 0 Å². The third-order valence-corrected chi connectivity index (χ3v) is 4.56. The van der Waals surface area contributed by atoms with Gasteiger partial charge in [0.1, 0.15) is 0 Å². The van der Waals surface area contributed by atoms with Gasteiger partial charge in [-0.15, -0.1) is 0 Å². The average Bonchev–Trinajstić information content (AvgIpc) is 3.17. The first-order valence-electron chi connectivity index (χ1n) is 8.74. The number of anilines is 1. The van der Waals surface area contributed by atoms with Crippen molar-refractivity contribution in [1.29, 1.82) is 0 Å². The predicted molar refractivity (Wildman–Crippen MR) is 95.0 cm³/mol. The lowest BCUT2D eigenvalue weighted by Gasteiger charge is -2.31.